The Balaban J connectivity index is 2.33. The van der Waals surface area contributed by atoms with Crippen LogP contribution in [0.4, 0.5) is 0 Å². The number of nitrogens with two attached hydrogens (primary N) is 1. The predicted molar refractivity (Wildman–Crippen MR) is 81.7 cm³/mol. The second kappa shape index (κ2) is 5.51. The van der Waals surface area contributed by atoms with Crippen LogP contribution in [0.15, 0.2) is 34.1 Å². The molecule has 0 aliphatic carbocycles. The van der Waals surface area contributed by atoms with Crippen LogP contribution in [0.5, 0.6) is 0 Å². The van der Waals surface area contributed by atoms with Crippen molar-refractivity contribution in [1.82, 2.24) is 4.98 Å². The summed E-state index contributed by atoms with van der Waals surface area (Å²) in [6.07, 6.45) is 1.83. The summed E-state index contributed by atoms with van der Waals surface area (Å²) in [7, 11) is 0. The minimum Gasteiger partial charge on any atom is -0.319 e. The summed E-state index contributed by atoms with van der Waals surface area (Å²) in [5, 5.41) is 3.12. The van der Waals surface area contributed by atoms with Crippen molar-refractivity contribution in [1.29, 1.82) is 0 Å². The molecular formula is C14H17BrN2S. The van der Waals surface area contributed by atoms with E-state index in [-0.39, 0.29) is 5.54 Å². The van der Waals surface area contributed by atoms with Crippen molar-refractivity contribution in [2.45, 2.75) is 32.2 Å². The van der Waals surface area contributed by atoms with Crippen molar-refractivity contribution in [2.75, 3.05) is 0 Å². The molecule has 0 atom stereocenters. The molecule has 2 aromatic rings. The third-order valence-electron chi connectivity index (χ3n) is 3.33. The minimum absolute atomic E-state index is 0.279. The van der Waals surface area contributed by atoms with Crippen molar-refractivity contribution in [2.24, 2.45) is 5.73 Å². The Kier molecular flexibility index (Phi) is 4.20. The van der Waals surface area contributed by atoms with Gasteiger partial charge in [-0.25, -0.2) is 4.98 Å². The first kappa shape index (κ1) is 13.7. The van der Waals surface area contributed by atoms with E-state index >= 15 is 0 Å². The Morgan fingerprint density at radius 2 is 1.83 bits per heavy atom. The van der Waals surface area contributed by atoms with Crippen molar-refractivity contribution in [3.05, 3.63) is 39.1 Å². The molecule has 18 heavy (non-hydrogen) atoms. The molecule has 0 unspecified atom stereocenters. The molecule has 0 aliphatic heterocycles. The standard InChI is InChI=1S/C14H17BrN2S/c1-3-14(16,4-2)13-17-12(9-18-13)10-5-7-11(15)8-6-10/h5-9H,3-4,16H2,1-2H3. The molecule has 0 spiro atoms. The molecule has 96 valence electrons. The van der Waals surface area contributed by atoms with E-state index in [1.54, 1.807) is 11.3 Å². The van der Waals surface area contributed by atoms with E-state index in [0.29, 0.717) is 0 Å². The number of nitrogens with zero attached hydrogens (tertiary/aromatic N) is 1. The van der Waals surface area contributed by atoms with E-state index in [0.717, 1.165) is 33.6 Å². The van der Waals surface area contributed by atoms with E-state index < -0.39 is 0 Å². The second-order valence-electron chi connectivity index (χ2n) is 4.41. The molecule has 2 rings (SSSR count). The lowest BCUT2D eigenvalue weighted by Gasteiger charge is -2.23. The summed E-state index contributed by atoms with van der Waals surface area (Å²) in [4.78, 5) is 4.70. The molecule has 0 saturated carbocycles. The van der Waals surface area contributed by atoms with Gasteiger partial charge in [-0.15, -0.1) is 11.3 Å². The summed E-state index contributed by atoms with van der Waals surface area (Å²) in [5.41, 5.74) is 8.24. The van der Waals surface area contributed by atoms with Crippen LogP contribution in [-0.2, 0) is 5.54 Å². The SMILES string of the molecule is CCC(N)(CC)c1nc(-c2ccc(Br)cc2)cs1. The number of aromatic nitrogens is 1. The average molecular weight is 325 g/mol. The van der Waals surface area contributed by atoms with E-state index in [1.807, 2.05) is 12.1 Å². The van der Waals surface area contributed by atoms with Gasteiger partial charge in [0.05, 0.1) is 11.2 Å². The third kappa shape index (κ3) is 2.66. The van der Waals surface area contributed by atoms with Crippen LogP contribution in [0.1, 0.15) is 31.7 Å². The van der Waals surface area contributed by atoms with Crippen molar-refractivity contribution in [3.8, 4) is 11.3 Å². The summed E-state index contributed by atoms with van der Waals surface area (Å²) >= 11 is 5.10. The maximum absolute atomic E-state index is 6.37. The van der Waals surface area contributed by atoms with Crippen LogP contribution in [0.25, 0.3) is 11.3 Å². The minimum atomic E-state index is -0.279. The molecular weight excluding hydrogens is 308 g/mol. The number of halogens is 1. The molecule has 0 aliphatic rings. The molecule has 0 radical (unpaired) electrons. The van der Waals surface area contributed by atoms with Crippen molar-refractivity contribution < 1.29 is 0 Å². The first-order chi connectivity index (χ1) is 8.59. The van der Waals surface area contributed by atoms with Crippen LogP contribution < -0.4 is 5.73 Å². The highest BCUT2D eigenvalue weighted by Gasteiger charge is 2.26. The fourth-order valence-electron chi connectivity index (χ4n) is 1.81. The summed E-state index contributed by atoms with van der Waals surface area (Å²) in [5.74, 6) is 0. The zero-order valence-corrected chi connectivity index (χ0v) is 13.0. The molecule has 1 aromatic carbocycles. The maximum atomic E-state index is 6.37. The van der Waals surface area contributed by atoms with Gasteiger partial charge in [0.1, 0.15) is 5.01 Å². The molecule has 0 fully saturated rings. The highest BCUT2D eigenvalue weighted by Crippen LogP contribution is 2.32. The monoisotopic (exact) mass is 324 g/mol. The summed E-state index contributed by atoms with van der Waals surface area (Å²) in [6, 6.07) is 8.20. The third-order valence-corrected chi connectivity index (χ3v) is 4.92. The van der Waals surface area contributed by atoms with E-state index in [1.165, 1.54) is 0 Å². The zero-order chi connectivity index (χ0) is 13.2. The Morgan fingerprint density at radius 1 is 1.22 bits per heavy atom. The highest BCUT2D eigenvalue weighted by atomic mass is 79.9. The van der Waals surface area contributed by atoms with Crippen LogP contribution in [0.3, 0.4) is 0 Å². The predicted octanol–water partition coefficient (Wildman–Crippen LogP) is 4.55. The molecule has 1 heterocycles. The summed E-state index contributed by atoms with van der Waals surface area (Å²) < 4.78 is 1.08. The molecule has 0 bridgehead atoms. The molecule has 1 aromatic heterocycles. The lowest BCUT2D eigenvalue weighted by Crippen LogP contribution is -2.34. The maximum Gasteiger partial charge on any atom is 0.113 e. The normalized spacial score (nSPS) is 11.8. The first-order valence-electron chi connectivity index (χ1n) is 6.10. The van der Waals surface area contributed by atoms with Crippen LogP contribution >= 0.6 is 27.3 Å². The second-order valence-corrected chi connectivity index (χ2v) is 6.18. The molecule has 2 nitrogen and oxygen atoms in total. The highest BCUT2D eigenvalue weighted by molar-refractivity contribution is 9.10. The molecule has 0 amide bonds. The van der Waals surface area contributed by atoms with Gasteiger partial charge in [0.2, 0.25) is 0 Å². The quantitative estimate of drug-likeness (QED) is 0.896. The van der Waals surface area contributed by atoms with Crippen LogP contribution in [0, 0.1) is 0 Å². The fraction of sp³-hybridized carbons (Fsp3) is 0.357. The Hall–Kier alpha value is -0.710. The van der Waals surface area contributed by atoms with Crippen LogP contribution in [-0.4, -0.2) is 4.98 Å². The van der Waals surface area contributed by atoms with E-state index in [2.05, 4.69) is 47.3 Å². The summed E-state index contributed by atoms with van der Waals surface area (Å²) in [6.45, 7) is 4.23. The topological polar surface area (TPSA) is 38.9 Å². The van der Waals surface area contributed by atoms with E-state index in [4.69, 9.17) is 10.7 Å². The van der Waals surface area contributed by atoms with Gasteiger partial charge < -0.3 is 5.73 Å². The van der Waals surface area contributed by atoms with Crippen molar-refractivity contribution in [3.63, 3.8) is 0 Å². The van der Waals surface area contributed by atoms with E-state index in [9.17, 15) is 0 Å². The van der Waals surface area contributed by atoms with Gasteiger partial charge in [-0.2, -0.15) is 0 Å². The molecule has 2 N–H and O–H groups in total. The fourth-order valence-corrected chi connectivity index (χ4v) is 3.16. The molecule has 4 heteroatoms. The number of benzene rings is 1. The first-order valence-corrected chi connectivity index (χ1v) is 7.77. The van der Waals surface area contributed by atoms with Gasteiger partial charge in [-0.05, 0) is 25.0 Å². The number of hydrogen-bond acceptors (Lipinski definition) is 3. The number of hydrogen-bond donors (Lipinski definition) is 1. The number of rotatable bonds is 4. The van der Waals surface area contributed by atoms with Gasteiger partial charge >= 0.3 is 0 Å². The van der Waals surface area contributed by atoms with Gasteiger partial charge in [0.15, 0.2) is 0 Å². The lowest BCUT2D eigenvalue weighted by atomic mass is 9.95. The molecule has 0 saturated heterocycles. The Labute approximate surface area is 120 Å². The smallest absolute Gasteiger partial charge is 0.113 e. The van der Waals surface area contributed by atoms with Crippen molar-refractivity contribution >= 4 is 27.3 Å². The lowest BCUT2D eigenvalue weighted by molar-refractivity contribution is 0.411. The Morgan fingerprint density at radius 3 is 2.39 bits per heavy atom. The number of thiazole rings is 1. The average Bonchev–Trinajstić information content (AvgIpc) is 2.89. The largest absolute Gasteiger partial charge is 0.319 e. The van der Waals surface area contributed by atoms with Crippen LogP contribution in [0.2, 0.25) is 0 Å². The van der Waals surface area contributed by atoms with Gasteiger partial charge in [-0.1, -0.05) is 41.9 Å². The van der Waals surface area contributed by atoms with Gasteiger partial charge in [0.25, 0.3) is 0 Å². The zero-order valence-electron chi connectivity index (χ0n) is 10.6. The van der Waals surface area contributed by atoms with Gasteiger partial charge in [-0.3, -0.25) is 0 Å². The Bertz CT molecular complexity index is 515. The van der Waals surface area contributed by atoms with Gasteiger partial charge in [0, 0.05) is 15.4 Å².